The van der Waals surface area contributed by atoms with Gasteiger partial charge in [0.15, 0.2) is 6.61 Å². The fraction of sp³-hybridized carbons (Fsp3) is 0.391. The van der Waals surface area contributed by atoms with Crippen LogP contribution in [0.25, 0.3) is 0 Å². The van der Waals surface area contributed by atoms with E-state index in [9.17, 15) is 19.2 Å². The summed E-state index contributed by atoms with van der Waals surface area (Å²) in [6.07, 6.45) is 2.00. The van der Waals surface area contributed by atoms with E-state index >= 15 is 0 Å². The highest BCUT2D eigenvalue weighted by Crippen LogP contribution is 2.28. The third-order valence-electron chi connectivity index (χ3n) is 5.38. The Morgan fingerprint density at radius 3 is 2.47 bits per heavy atom. The molecule has 1 atom stereocenters. The van der Waals surface area contributed by atoms with Gasteiger partial charge >= 0.3 is 11.9 Å². The number of ketones is 1. The number of amides is 1. The van der Waals surface area contributed by atoms with Crippen LogP contribution in [0.5, 0.6) is 0 Å². The number of aromatic nitrogens is 1. The fourth-order valence-electron chi connectivity index (χ4n) is 3.78. The lowest BCUT2D eigenvalue weighted by Crippen LogP contribution is -2.27. The zero-order valence-electron chi connectivity index (χ0n) is 18.5. The second kappa shape index (κ2) is 10.0. The molecule has 2 heterocycles. The number of thioether (sulfide) groups is 1. The van der Waals surface area contributed by atoms with Crippen molar-refractivity contribution in [1.29, 1.82) is 0 Å². The molecule has 0 bridgehead atoms. The van der Waals surface area contributed by atoms with Gasteiger partial charge in [0.2, 0.25) is 11.7 Å². The number of esters is 2. The number of ether oxygens (including phenoxy) is 2. The molecule has 1 aromatic carbocycles. The second-order valence-electron chi connectivity index (χ2n) is 7.48. The molecule has 9 heteroatoms. The van der Waals surface area contributed by atoms with Crippen LogP contribution < -0.4 is 4.90 Å². The Kier molecular flexibility index (Phi) is 7.40. The molecule has 1 unspecified atom stereocenters. The quantitative estimate of drug-likeness (QED) is 0.367. The number of nitrogens with zero attached hydrogens (tertiary/aromatic N) is 1. The van der Waals surface area contributed by atoms with Crippen LogP contribution in [0.2, 0.25) is 0 Å². The third-order valence-corrected chi connectivity index (χ3v) is 6.13. The molecule has 0 saturated carbocycles. The Balaban J connectivity index is 1.62. The number of H-pyrrole nitrogens is 1. The number of Topliss-reactive ketones (excluding diaryl/α,β-unsaturated/α-hetero) is 1. The standard InChI is InChI=1S/C23H26N2O6S/c1-5-30-23(29)21-13(2)20(14(3)24-21)18(26)12-31-22(28)15-10-19(27)25(11-15)16-6-8-17(32-4)9-7-16/h6-9,15,24H,5,10-12H2,1-4H3. The minimum Gasteiger partial charge on any atom is -0.461 e. The number of aryl methyl sites for hydroxylation is 1. The van der Waals surface area contributed by atoms with E-state index in [-0.39, 0.29) is 31.2 Å². The zero-order chi connectivity index (χ0) is 23.4. The maximum Gasteiger partial charge on any atom is 0.355 e. The van der Waals surface area contributed by atoms with Crippen LogP contribution in [0.1, 0.15) is 45.4 Å². The first kappa shape index (κ1) is 23.6. The fourth-order valence-corrected chi connectivity index (χ4v) is 4.19. The largest absolute Gasteiger partial charge is 0.461 e. The lowest BCUT2D eigenvalue weighted by Gasteiger charge is -2.16. The summed E-state index contributed by atoms with van der Waals surface area (Å²) >= 11 is 1.60. The van der Waals surface area contributed by atoms with Gasteiger partial charge < -0.3 is 19.4 Å². The molecule has 8 nitrogen and oxygen atoms in total. The highest BCUT2D eigenvalue weighted by atomic mass is 32.2. The molecule has 1 N–H and O–H groups in total. The maximum absolute atomic E-state index is 12.7. The highest BCUT2D eigenvalue weighted by Gasteiger charge is 2.36. The summed E-state index contributed by atoms with van der Waals surface area (Å²) in [5.41, 5.74) is 2.20. The molecule has 0 aliphatic carbocycles. The van der Waals surface area contributed by atoms with E-state index in [0.717, 1.165) is 10.6 Å². The smallest absolute Gasteiger partial charge is 0.355 e. The van der Waals surface area contributed by atoms with Gasteiger partial charge in [-0.25, -0.2) is 4.79 Å². The molecule has 1 fully saturated rings. The minimum absolute atomic E-state index is 0.0342. The van der Waals surface area contributed by atoms with Gasteiger partial charge in [0.1, 0.15) is 5.69 Å². The number of hydrogen-bond donors (Lipinski definition) is 1. The van der Waals surface area contributed by atoms with Gasteiger partial charge in [0.05, 0.1) is 12.5 Å². The number of hydrogen-bond acceptors (Lipinski definition) is 7. The summed E-state index contributed by atoms with van der Waals surface area (Å²) in [7, 11) is 0. The van der Waals surface area contributed by atoms with Crippen molar-refractivity contribution in [2.45, 2.75) is 32.1 Å². The number of carbonyl (C=O) groups excluding carboxylic acids is 4. The van der Waals surface area contributed by atoms with Crippen LogP contribution in [0, 0.1) is 19.8 Å². The average Bonchev–Trinajstić information content (AvgIpc) is 3.31. The third kappa shape index (κ3) is 4.88. The molecule has 170 valence electrons. The van der Waals surface area contributed by atoms with Crippen molar-refractivity contribution in [1.82, 2.24) is 4.98 Å². The van der Waals surface area contributed by atoms with E-state index in [1.807, 2.05) is 30.5 Å². The van der Waals surface area contributed by atoms with Crippen molar-refractivity contribution in [3.05, 3.63) is 46.8 Å². The van der Waals surface area contributed by atoms with Crippen molar-refractivity contribution in [3.8, 4) is 0 Å². The zero-order valence-corrected chi connectivity index (χ0v) is 19.3. The van der Waals surface area contributed by atoms with Gasteiger partial charge in [-0.05, 0) is 56.9 Å². The molecule has 3 rings (SSSR count). The Bertz CT molecular complexity index is 1040. The molecular formula is C23H26N2O6S. The highest BCUT2D eigenvalue weighted by molar-refractivity contribution is 7.98. The van der Waals surface area contributed by atoms with E-state index in [1.165, 1.54) is 0 Å². The Hall–Kier alpha value is -3.07. The van der Waals surface area contributed by atoms with Crippen molar-refractivity contribution in [2.75, 3.05) is 30.9 Å². The first-order chi connectivity index (χ1) is 15.3. The monoisotopic (exact) mass is 458 g/mol. The van der Waals surface area contributed by atoms with Crippen molar-refractivity contribution >= 4 is 41.1 Å². The molecule has 32 heavy (non-hydrogen) atoms. The van der Waals surface area contributed by atoms with Crippen LogP contribution in [-0.4, -0.2) is 54.6 Å². The number of nitrogens with one attached hydrogen (secondary N) is 1. The van der Waals surface area contributed by atoms with Crippen molar-refractivity contribution in [3.63, 3.8) is 0 Å². The van der Waals surface area contributed by atoms with Gasteiger partial charge in [-0.1, -0.05) is 0 Å². The van der Waals surface area contributed by atoms with Crippen LogP contribution in [-0.2, 0) is 19.1 Å². The molecule has 1 aliphatic heterocycles. The summed E-state index contributed by atoms with van der Waals surface area (Å²) in [6, 6.07) is 7.53. The van der Waals surface area contributed by atoms with Gasteiger partial charge in [-0.3, -0.25) is 14.4 Å². The van der Waals surface area contributed by atoms with Crippen LogP contribution in [0.15, 0.2) is 29.2 Å². The first-order valence-corrected chi connectivity index (χ1v) is 11.5. The van der Waals surface area contributed by atoms with E-state index in [2.05, 4.69) is 4.98 Å². The lowest BCUT2D eigenvalue weighted by molar-refractivity contribution is -0.147. The van der Waals surface area contributed by atoms with Gasteiger partial charge in [-0.2, -0.15) is 0 Å². The summed E-state index contributed by atoms with van der Waals surface area (Å²) in [6.45, 7) is 4.97. The van der Waals surface area contributed by atoms with Crippen LogP contribution in [0.3, 0.4) is 0 Å². The van der Waals surface area contributed by atoms with Crippen LogP contribution >= 0.6 is 11.8 Å². The molecule has 0 spiro atoms. The van der Waals surface area contributed by atoms with Crippen molar-refractivity contribution < 1.29 is 28.7 Å². The van der Waals surface area contributed by atoms with Gasteiger partial charge in [0.25, 0.3) is 0 Å². The Labute approximate surface area is 190 Å². The van der Waals surface area contributed by atoms with E-state index in [0.29, 0.717) is 16.8 Å². The van der Waals surface area contributed by atoms with Crippen molar-refractivity contribution in [2.24, 2.45) is 5.92 Å². The molecule has 1 saturated heterocycles. The second-order valence-corrected chi connectivity index (χ2v) is 8.36. The predicted octanol–water partition coefficient (Wildman–Crippen LogP) is 3.31. The molecule has 1 amide bonds. The SMILES string of the molecule is CCOC(=O)c1[nH]c(C)c(C(=O)COC(=O)C2CC(=O)N(c3ccc(SC)cc3)C2)c1C. The molecule has 2 aromatic rings. The Morgan fingerprint density at radius 1 is 1.16 bits per heavy atom. The number of rotatable bonds is 8. The first-order valence-electron chi connectivity index (χ1n) is 10.3. The number of aromatic amines is 1. The van der Waals surface area contributed by atoms with Crippen LogP contribution in [0.4, 0.5) is 5.69 Å². The maximum atomic E-state index is 12.7. The van der Waals surface area contributed by atoms with E-state index in [4.69, 9.17) is 9.47 Å². The average molecular weight is 459 g/mol. The Morgan fingerprint density at radius 2 is 1.84 bits per heavy atom. The summed E-state index contributed by atoms with van der Waals surface area (Å²) in [5.74, 6) is -2.36. The number of anilines is 1. The summed E-state index contributed by atoms with van der Waals surface area (Å²) < 4.78 is 10.2. The summed E-state index contributed by atoms with van der Waals surface area (Å²) in [5, 5.41) is 0. The normalized spacial score (nSPS) is 15.7. The van der Waals surface area contributed by atoms with E-state index < -0.39 is 30.2 Å². The van der Waals surface area contributed by atoms with Gasteiger partial charge in [0, 0.05) is 34.8 Å². The predicted molar refractivity (Wildman–Crippen MR) is 120 cm³/mol. The number of carbonyl (C=O) groups is 4. The number of benzene rings is 1. The molecular weight excluding hydrogens is 432 g/mol. The molecule has 1 aromatic heterocycles. The molecule has 1 aliphatic rings. The lowest BCUT2D eigenvalue weighted by atomic mass is 10.1. The summed E-state index contributed by atoms with van der Waals surface area (Å²) in [4.78, 5) is 55.2. The topological polar surface area (TPSA) is 106 Å². The van der Waals surface area contributed by atoms with Gasteiger partial charge in [-0.15, -0.1) is 11.8 Å². The van der Waals surface area contributed by atoms with E-state index in [1.54, 1.807) is 37.4 Å². The molecule has 0 radical (unpaired) electrons. The minimum atomic E-state index is -0.640.